The van der Waals surface area contributed by atoms with E-state index < -0.39 is 22.2 Å². The van der Waals surface area contributed by atoms with Crippen LogP contribution in [-0.2, 0) is 14.8 Å². The molecule has 2 rings (SSSR count). The lowest BCUT2D eigenvalue weighted by Gasteiger charge is -2.24. The molecule has 0 saturated carbocycles. The number of likely N-dealkylation sites (N-methyl/N-ethyl adjacent to an activating group) is 1. The molecule has 3 atom stereocenters. The Morgan fingerprint density at radius 3 is 2.50 bits per heavy atom. The molecule has 7 heteroatoms. The van der Waals surface area contributed by atoms with Crippen LogP contribution in [0, 0.1) is 0 Å². The Kier molecular flexibility index (Phi) is 5.94. The average molecular weight is 328 g/mol. The quantitative estimate of drug-likeness (QED) is 0.759. The van der Waals surface area contributed by atoms with Gasteiger partial charge in [0.1, 0.15) is 0 Å². The van der Waals surface area contributed by atoms with Gasteiger partial charge in [-0.2, -0.15) is 0 Å². The zero-order valence-corrected chi connectivity index (χ0v) is 13.8. The zero-order chi connectivity index (χ0) is 16.2. The van der Waals surface area contributed by atoms with Crippen LogP contribution in [0.25, 0.3) is 0 Å². The maximum atomic E-state index is 12.3. The van der Waals surface area contributed by atoms with Crippen molar-refractivity contribution in [2.45, 2.75) is 37.0 Å². The van der Waals surface area contributed by atoms with E-state index in [1.165, 1.54) is 12.1 Å². The fraction of sp³-hybridized carbons (Fsp3) is 0.600. The number of aliphatic hydroxyl groups excluding tert-OH is 1. The zero-order valence-electron chi connectivity index (χ0n) is 13.0. The molecule has 1 aromatic carbocycles. The second-order valence-corrected chi connectivity index (χ2v) is 7.10. The number of hydrogen-bond donors (Lipinski definition) is 2. The van der Waals surface area contributed by atoms with Gasteiger partial charge in [0.15, 0.2) is 0 Å². The van der Waals surface area contributed by atoms with Gasteiger partial charge in [0, 0.05) is 6.54 Å². The van der Waals surface area contributed by atoms with E-state index in [1.807, 2.05) is 13.8 Å². The minimum absolute atomic E-state index is 0.180. The van der Waals surface area contributed by atoms with Gasteiger partial charge in [-0.1, -0.05) is 32.0 Å². The molecule has 0 radical (unpaired) electrons. The van der Waals surface area contributed by atoms with Crippen LogP contribution in [-0.4, -0.2) is 62.9 Å². The van der Waals surface area contributed by atoms with Gasteiger partial charge in [-0.3, -0.25) is 0 Å². The Morgan fingerprint density at radius 2 is 1.91 bits per heavy atom. The molecule has 0 unspecified atom stereocenters. The normalized spacial score (nSPS) is 25.7. The molecule has 1 heterocycles. The number of rotatable bonds is 7. The van der Waals surface area contributed by atoms with Crippen LogP contribution < -0.4 is 4.72 Å². The molecule has 124 valence electrons. The summed E-state index contributed by atoms with van der Waals surface area (Å²) < 4.78 is 32.7. The van der Waals surface area contributed by atoms with Gasteiger partial charge in [0.2, 0.25) is 10.0 Å². The summed E-state index contributed by atoms with van der Waals surface area (Å²) >= 11 is 0. The first kappa shape index (κ1) is 17.4. The maximum absolute atomic E-state index is 12.3. The molecule has 1 saturated heterocycles. The maximum Gasteiger partial charge on any atom is 0.240 e. The minimum atomic E-state index is -3.64. The van der Waals surface area contributed by atoms with Crippen LogP contribution in [0.3, 0.4) is 0 Å². The van der Waals surface area contributed by atoms with E-state index in [2.05, 4.69) is 9.62 Å². The van der Waals surface area contributed by atoms with E-state index >= 15 is 0 Å². The molecule has 1 aliphatic rings. The lowest BCUT2D eigenvalue weighted by molar-refractivity contribution is 0.0175. The van der Waals surface area contributed by atoms with Crippen LogP contribution in [0.5, 0.6) is 0 Å². The number of aliphatic hydroxyl groups is 1. The van der Waals surface area contributed by atoms with Gasteiger partial charge in [0.25, 0.3) is 0 Å². The van der Waals surface area contributed by atoms with E-state index in [0.29, 0.717) is 6.54 Å². The second-order valence-electron chi connectivity index (χ2n) is 5.39. The number of hydrogen-bond acceptors (Lipinski definition) is 5. The van der Waals surface area contributed by atoms with Crippen molar-refractivity contribution >= 4 is 10.0 Å². The summed E-state index contributed by atoms with van der Waals surface area (Å²) in [6.07, 6.45) is -1.22. The first-order chi connectivity index (χ1) is 10.5. The molecule has 0 aliphatic carbocycles. The van der Waals surface area contributed by atoms with Crippen molar-refractivity contribution in [2.24, 2.45) is 0 Å². The largest absolute Gasteiger partial charge is 0.389 e. The van der Waals surface area contributed by atoms with Crippen molar-refractivity contribution in [1.82, 2.24) is 9.62 Å². The molecule has 22 heavy (non-hydrogen) atoms. The first-order valence-electron chi connectivity index (χ1n) is 7.57. The SMILES string of the molecule is CCN(CC)C[C@@H]1OC[C@H](NS(=O)(=O)c2ccccc2)[C@H]1O. The fourth-order valence-corrected chi connectivity index (χ4v) is 3.81. The molecule has 0 aromatic heterocycles. The van der Waals surface area contributed by atoms with E-state index in [4.69, 9.17) is 4.74 Å². The van der Waals surface area contributed by atoms with Crippen LogP contribution >= 0.6 is 0 Å². The van der Waals surface area contributed by atoms with Gasteiger partial charge in [-0.05, 0) is 25.2 Å². The van der Waals surface area contributed by atoms with Crippen molar-refractivity contribution in [1.29, 1.82) is 0 Å². The summed E-state index contributed by atoms with van der Waals surface area (Å²) in [4.78, 5) is 2.33. The average Bonchev–Trinajstić information content (AvgIpc) is 2.86. The fourth-order valence-electron chi connectivity index (χ4n) is 2.55. The Balaban J connectivity index is 2.00. The monoisotopic (exact) mass is 328 g/mol. The second kappa shape index (κ2) is 7.52. The summed E-state index contributed by atoms with van der Waals surface area (Å²) in [7, 11) is -3.64. The predicted octanol–water partition coefficient (Wildman–Crippen LogP) is 0.435. The Morgan fingerprint density at radius 1 is 1.27 bits per heavy atom. The van der Waals surface area contributed by atoms with Gasteiger partial charge < -0.3 is 14.7 Å². The van der Waals surface area contributed by atoms with E-state index in [-0.39, 0.29) is 17.6 Å². The lowest BCUT2D eigenvalue weighted by Crippen LogP contribution is -2.46. The topological polar surface area (TPSA) is 78.9 Å². The third-order valence-electron chi connectivity index (χ3n) is 3.98. The number of benzene rings is 1. The molecule has 0 bridgehead atoms. The molecule has 6 nitrogen and oxygen atoms in total. The van der Waals surface area contributed by atoms with E-state index in [9.17, 15) is 13.5 Å². The van der Waals surface area contributed by atoms with Crippen molar-refractivity contribution in [3.05, 3.63) is 30.3 Å². The Bertz CT molecular complexity index is 560. The first-order valence-corrected chi connectivity index (χ1v) is 9.05. The molecular formula is C15H24N2O4S. The third kappa shape index (κ3) is 4.05. The highest BCUT2D eigenvalue weighted by molar-refractivity contribution is 7.89. The van der Waals surface area contributed by atoms with Crippen LogP contribution in [0.1, 0.15) is 13.8 Å². The molecular weight excluding hydrogens is 304 g/mol. The predicted molar refractivity (Wildman–Crippen MR) is 84.1 cm³/mol. The number of nitrogens with one attached hydrogen (secondary N) is 1. The summed E-state index contributed by atoms with van der Waals surface area (Å²) in [5, 5.41) is 10.3. The minimum Gasteiger partial charge on any atom is -0.389 e. The molecule has 1 aromatic rings. The van der Waals surface area contributed by atoms with Crippen LogP contribution in [0.15, 0.2) is 35.2 Å². The summed E-state index contributed by atoms with van der Waals surface area (Å²) in [6.45, 7) is 6.59. The lowest BCUT2D eigenvalue weighted by atomic mass is 10.1. The molecule has 2 N–H and O–H groups in total. The van der Waals surface area contributed by atoms with E-state index in [1.54, 1.807) is 18.2 Å². The Labute approximate surface area is 132 Å². The third-order valence-corrected chi connectivity index (χ3v) is 5.48. The molecule has 1 fully saturated rings. The van der Waals surface area contributed by atoms with Crippen molar-refractivity contribution in [3.8, 4) is 0 Å². The van der Waals surface area contributed by atoms with Gasteiger partial charge in [0.05, 0.1) is 29.8 Å². The summed E-state index contributed by atoms with van der Waals surface area (Å²) in [5.74, 6) is 0. The van der Waals surface area contributed by atoms with Crippen LogP contribution in [0.2, 0.25) is 0 Å². The number of nitrogens with zero attached hydrogens (tertiary/aromatic N) is 1. The van der Waals surface area contributed by atoms with Crippen molar-refractivity contribution < 1.29 is 18.3 Å². The summed E-state index contributed by atoms with van der Waals surface area (Å²) in [6, 6.07) is 7.52. The van der Waals surface area contributed by atoms with Crippen molar-refractivity contribution in [2.75, 3.05) is 26.2 Å². The highest BCUT2D eigenvalue weighted by atomic mass is 32.2. The van der Waals surface area contributed by atoms with Gasteiger partial charge in [-0.15, -0.1) is 0 Å². The number of sulfonamides is 1. The highest BCUT2D eigenvalue weighted by Crippen LogP contribution is 2.18. The molecule has 0 spiro atoms. The smallest absolute Gasteiger partial charge is 0.240 e. The molecule has 1 aliphatic heterocycles. The standard InChI is InChI=1S/C15H24N2O4S/c1-3-17(4-2)10-14-15(18)13(11-21-14)16-22(19,20)12-8-6-5-7-9-12/h5-9,13-16,18H,3-4,10-11H2,1-2H3/t13-,14-,15+/m0/s1. The van der Waals surface area contributed by atoms with Gasteiger partial charge in [-0.25, -0.2) is 13.1 Å². The highest BCUT2D eigenvalue weighted by Gasteiger charge is 2.38. The van der Waals surface area contributed by atoms with Gasteiger partial charge >= 0.3 is 0 Å². The van der Waals surface area contributed by atoms with E-state index in [0.717, 1.165) is 13.1 Å². The summed E-state index contributed by atoms with van der Waals surface area (Å²) in [5.41, 5.74) is 0. The Hall–Kier alpha value is -0.990. The van der Waals surface area contributed by atoms with Crippen molar-refractivity contribution in [3.63, 3.8) is 0 Å². The molecule has 0 amide bonds. The van der Waals surface area contributed by atoms with Crippen LogP contribution in [0.4, 0.5) is 0 Å². The number of ether oxygens (including phenoxy) is 1.